The number of nitrogens with zero attached hydrogens (tertiary/aromatic N) is 2. The Morgan fingerprint density at radius 2 is 1.84 bits per heavy atom. The van der Waals surface area contributed by atoms with Gasteiger partial charge in [0.1, 0.15) is 0 Å². The third-order valence-corrected chi connectivity index (χ3v) is 3.03. The predicted molar refractivity (Wildman–Crippen MR) is 73.6 cm³/mol. The second-order valence-corrected chi connectivity index (χ2v) is 5.60. The van der Waals surface area contributed by atoms with Crippen LogP contribution in [0.5, 0.6) is 0 Å². The molecule has 1 aromatic carbocycles. The summed E-state index contributed by atoms with van der Waals surface area (Å²) in [5.41, 5.74) is 2.90. The molecule has 4 nitrogen and oxygen atoms in total. The van der Waals surface area contributed by atoms with Gasteiger partial charge in [-0.2, -0.15) is 5.10 Å². The fraction of sp³-hybridized carbons (Fsp3) is 0.333. The van der Waals surface area contributed by atoms with Crippen LogP contribution in [0.3, 0.4) is 0 Å². The monoisotopic (exact) mass is 258 g/mol. The Bertz CT molecular complexity index is 577. The molecule has 0 saturated carbocycles. The molecule has 19 heavy (non-hydrogen) atoms. The minimum absolute atomic E-state index is 0.0268. The van der Waals surface area contributed by atoms with Gasteiger partial charge in [-0.15, -0.1) is 0 Å². The summed E-state index contributed by atoms with van der Waals surface area (Å²) >= 11 is 0. The molecule has 100 valence electrons. The maximum Gasteiger partial charge on any atom is 0.309 e. The van der Waals surface area contributed by atoms with Gasteiger partial charge in [-0.05, 0) is 29.2 Å². The third kappa shape index (κ3) is 3.02. The highest BCUT2D eigenvalue weighted by Crippen LogP contribution is 2.23. The molecule has 2 aromatic rings. The highest BCUT2D eigenvalue weighted by atomic mass is 16.4. The van der Waals surface area contributed by atoms with Crippen LogP contribution in [-0.4, -0.2) is 20.9 Å². The normalized spacial score (nSPS) is 11.5. The van der Waals surface area contributed by atoms with Crippen molar-refractivity contribution < 1.29 is 9.90 Å². The zero-order valence-corrected chi connectivity index (χ0v) is 11.4. The van der Waals surface area contributed by atoms with Crippen molar-refractivity contribution in [1.82, 2.24) is 9.78 Å². The molecule has 0 aliphatic heterocycles. The summed E-state index contributed by atoms with van der Waals surface area (Å²) in [7, 11) is 0. The maximum absolute atomic E-state index is 10.8. The Labute approximate surface area is 112 Å². The van der Waals surface area contributed by atoms with Crippen molar-refractivity contribution in [3.63, 3.8) is 0 Å². The van der Waals surface area contributed by atoms with Gasteiger partial charge in [0, 0.05) is 6.20 Å². The Morgan fingerprint density at radius 3 is 2.37 bits per heavy atom. The van der Waals surface area contributed by atoms with Gasteiger partial charge in [-0.3, -0.25) is 4.79 Å². The molecule has 0 saturated heterocycles. The molecule has 0 spiro atoms. The van der Waals surface area contributed by atoms with E-state index in [9.17, 15) is 4.79 Å². The number of benzene rings is 1. The average molecular weight is 258 g/mol. The molecule has 0 radical (unpaired) electrons. The van der Waals surface area contributed by atoms with Crippen LogP contribution in [0.4, 0.5) is 0 Å². The van der Waals surface area contributed by atoms with Crippen LogP contribution in [0.25, 0.3) is 5.69 Å². The van der Waals surface area contributed by atoms with E-state index in [1.807, 2.05) is 12.1 Å². The van der Waals surface area contributed by atoms with Crippen LogP contribution < -0.4 is 0 Å². The van der Waals surface area contributed by atoms with Gasteiger partial charge in [0.15, 0.2) is 0 Å². The summed E-state index contributed by atoms with van der Waals surface area (Å²) in [5.74, 6) is -0.854. The van der Waals surface area contributed by atoms with Crippen LogP contribution in [0.1, 0.15) is 32.0 Å². The van der Waals surface area contributed by atoms with Gasteiger partial charge in [0.2, 0.25) is 0 Å². The van der Waals surface area contributed by atoms with Gasteiger partial charge < -0.3 is 5.11 Å². The molecule has 1 N–H and O–H groups in total. The molecule has 0 amide bonds. The number of carboxylic acids is 1. The van der Waals surface area contributed by atoms with E-state index in [2.05, 4.69) is 38.0 Å². The Balaban J connectivity index is 2.33. The number of aliphatic carboxylic acids is 1. The molecule has 1 aromatic heterocycles. The van der Waals surface area contributed by atoms with Crippen molar-refractivity contribution in [2.75, 3.05) is 0 Å². The minimum Gasteiger partial charge on any atom is -0.481 e. The van der Waals surface area contributed by atoms with Gasteiger partial charge in [0.05, 0.1) is 17.8 Å². The van der Waals surface area contributed by atoms with Crippen LogP contribution >= 0.6 is 0 Å². The van der Waals surface area contributed by atoms with E-state index in [4.69, 9.17) is 5.11 Å². The minimum atomic E-state index is -0.854. The predicted octanol–water partition coefficient (Wildman–Crippen LogP) is 2.80. The first kappa shape index (κ1) is 13.3. The summed E-state index contributed by atoms with van der Waals surface area (Å²) in [6.07, 6.45) is 1.59. The van der Waals surface area contributed by atoms with E-state index < -0.39 is 5.97 Å². The largest absolute Gasteiger partial charge is 0.481 e. The van der Waals surface area contributed by atoms with Gasteiger partial charge >= 0.3 is 5.97 Å². The number of aromatic nitrogens is 2. The number of hydrogen-bond donors (Lipinski definition) is 1. The van der Waals surface area contributed by atoms with E-state index in [0.717, 1.165) is 5.69 Å². The first-order chi connectivity index (χ1) is 8.88. The fourth-order valence-corrected chi connectivity index (χ4v) is 1.95. The van der Waals surface area contributed by atoms with Crippen LogP contribution in [0.2, 0.25) is 0 Å². The van der Waals surface area contributed by atoms with Crippen LogP contribution in [0, 0.1) is 0 Å². The highest BCUT2D eigenvalue weighted by Gasteiger charge is 2.14. The molecule has 0 aliphatic rings. The third-order valence-electron chi connectivity index (χ3n) is 3.03. The number of carboxylic acid groups (broad SMARTS) is 1. The first-order valence-electron chi connectivity index (χ1n) is 6.23. The summed E-state index contributed by atoms with van der Waals surface area (Å²) < 4.78 is 1.67. The number of carbonyl (C=O) groups is 1. The summed E-state index contributed by atoms with van der Waals surface area (Å²) in [5, 5.41) is 13.1. The molecule has 0 bridgehead atoms. The molecule has 0 unspecified atom stereocenters. The van der Waals surface area contributed by atoms with E-state index in [-0.39, 0.29) is 11.8 Å². The molecule has 0 fully saturated rings. The van der Waals surface area contributed by atoms with Crippen molar-refractivity contribution in [3.05, 3.63) is 47.8 Å². The lowest BCUT2D eigenvalue weighted by Crippen LogP contribution is -2.12. The summed E-state index contributed by atoms with van der Waals surface area (Å²) in [6.45, 7) is 6.48. The SMILES string of the molecule is CC(C)(C)c1ccc(-n2nccc2CC(=O)O)cc1. The molecule has 0 atom stereocenters. The first-order valence-corrected chi connectivity index (χ1v) is 6.23. The molecule has 1 heterocycles. The number of rotatable bonds is 3. The van der Waals surface area contributed by atoms with Crippen molar-refractivity contribution >= 4 is 5.97 Å². The van der Waals surface area contributed by atoms with Crippen molar-refractivity contribution in [1.29, 1.82) is 0 Å². The lowest BCUT2D eigenvalue weighted by atomic mass is 9.87. The second kappa shape index (κ2) is 4.88. The smallest absolute Gasteiger partial charge is 0.309 e. The van der Waals surface area contributed by atoms with Gasteiger partial charge in [-0.1, -0.05) is 32.9 Å². The molecular formula is C15H18N2O2. The van der Waals surface area contributed by atoms with Gasteiger partial charge in [-0.25, -0.2) is 4.68 Å². The Morgan fingerprint density at radius 1 is 1.21 bits per heavy atom. The molecule has 0 aliphatic carbocycles. The van der Waals surface area contributed by atoms with E-state index in [0.29, 0.717) is 5.69 Å². The topological polar surface area (TPSA) is 55.1 Å². The molecule has 2 rings (SSSR count). The standard InChI is InChI=1S/C15H18N2O2/c1-15(2,3)11-4-6-12(7-5-11)17-13(8-9-16-17)10-14(18)19/h4-9H,10H2,1-3H3,(H,18,19). The molecule has 4 heteroatoms. The quantitative estimate of drug-likeness (QED) is 0.921. The number of hydrogen-bond acceptors (Lipinski definition) is 2. The maximum atomic E-state index is 10.8. The highest BCUT2D eigenvalue weighted by molar-refractivity contribution is 5.69. The van der Waals surface area contributed by atoms with E-state index in [1.54, 1.807) is 16.9 Å². The fourth-order valence-electron chi connectivity index (χ4n) is 1.95. The average Bonchev–Trinajstić information content (AvgIpc) is 2.75. The Kier molecular flexibility index (Phi) is 3.42. The lowest BCUT2D eigenvalue weighted by molar-refractivity contribution is -0.136. The van der Waals surface area contributed by atoms with Crippen LogP contribution in [0.15, 0.2) is 36.5 Å². The summed E-state index contributed by atoms with van der Waals surface area (Å²) in [6, 6.07) is 9.78. The van der Waals surface area contributed by atoms with Crippen molar-refractivity contribution in [2.24, 2.45) is 0 Å². The zero-order valence-electron chi connectivity index (χ0n) is 11.4. The van der Waals surface area contributed by atoms with E-state index in [1.165, 1.54) is 5.56 Å². The zero-order chi connectivity index (χ0) is 14.0. The Hall–Kier alpha value is -2.10. The van der Waals surface area contributed by atoms with E-state index >= 15 is 0 Å². The second-order valence-electron chi connectivity index (χ2n) is 5.60. The molecular weight excluding hydrogens is 240 g/mol. The summed E-state index contributed by atoms with van der Waals surface area (Å²) in [4.78, 5) is 10.8. The van der Waals surface area contributed by atoms with Crippen LogP contribution in [-0.2, 0) is 16.6 Å². The van der Waals surface area contributed by atoms with Gasteiger partial charge in [0.25, 0.3) is 0 Å². The van der Waals surface area contributed by atoms with Crippen molar-refractivity contribution in [2.45, 2.75) is 32.6 Å². The lowest BCUT2D eigenvalue weighted by Gasteiger charge is -2.19. The van der Waals surface area contributed by atoms with Crippen molar-refractivity contribution in [3.8, 4) is 5.69 Å².